The first-order chi connectivity index (χ1) is 12.6. The zero-order valence-electron chi connectivity index (χ0n) is 14.7. The van der Waals surface area contributed by atoms with Crippen molar-refractivity contribution in [1.82, 2.24) is 15.4 Å². The molecule has 0 radical (unpaired) electrons. The summed E-state index contributed by atoms with van der Waals surface area (Å²) in [6.45, 7) is 3.78. The second-order valence-corrected chi connectivity index (χ2v) is 6.57. The van der Waals surface area contributed by atoms with Gasteiger partial charge in [-0.25, -0.2) is 10.4 Å². The molecule has 2 aromatic heterocycles. The van der Waals surface area contributed by atoms with Gasteiger partial charge in [-0.3, -0.25) is 9.78 Å². The van der Waals surface area contributed by atoms with Crippen LogP contribution in [0.1, 0.15) is 26.5 Å². The van der Waals surface area contributed by atoms with Crippen molar-refractivity contribution in [3.8, 4) is 16.5 Å². The zero-order valence-corrected chi connectivity index (χ0v) is 15.5. The SMILES string of the molecule is COc1ccc(/C=N/NC(=O)c2sc(-c3ncccc3C)nc2C)cc1. The fourth-order valence-electron chi connectivity index (χ4n) is 2.32. The normalized spacial score (nSPS) is 10.9. The molecule has 0 spiro atoms. The Morgan fingerprint density at radius 2 is 2.00 bits per heavy atom. The highest BCUT2D eigenvalue weighted by Gasteiger charge is 2.17. The lowest BCUT2D eigenvalue weighted by molar-refractivity contribution is 0.0958. The average Bonchev–Trinajstić information content (AvgIpc) is 3.04. The molecule has 26 heavy (non-hydrogen) atoms. The van der Waals surface area contributed by atoms with Gasteiger partial charge in [-0.05, 0) is 55.3 Å². The average molecular weight is 366 g/mol. The minimum atomic E-state index is -0.287. The Morgan fingerprint density at radius 3 is 2.69 bits per heavy atom. The number of nitrogens with zero attached hydrogens (tertiary/aromatic N) is 3. The summed E-state index contributed by atoms with van der Waals surface area (Å²) in [7, 11) is 1.61. The molecule has 0 unspecified atom stereocenters. The number of aryl methyl sites for hydroxylation is 2. The van der Waals surface area contributed by atoms with Crippen molar-refractivity contribution in [3.05, 3.63) is 64.3 Å². The number of thiazole rings is 1. The number of amides is 1. The monoisotopic (exact) mass is 366 g/mol. The van der Waals surface area contributed by atoms with E-state index < -0.39 is 0 Å². The standard InChI is InChI=1S/C19H18N4O2S/c1-12-5-4-10-20-16(12)19-22-13(2)17(26-19)18(24)23-21-11-14-6-8-15(25-3)9-7-14/h4-11H,1-3H3,(H,23,24)/b21-11+. The van der Waals surface area contributed by atoms with Gasteiger partial charge in [0.2, 0.25) is 0 Å². The van der Waals surface area contributed by atoms with Crippen molar-refractivity contribution in [2.75, 3.05) is 7.11 Å². The van der Waals surface area contributed by atoms with Gasteiger partial charge in [0, 0.05) is 6.20 Å². The Labute approximate surface area is 155 Å². The third kappa shape index (κ3) is 3.94. The minimum absolute atomic E-state index is 0.287. The topological polar surface area (TPSA) is 76.5 Å². The van der Waals surface area contributed by atoms with E-state index in [9.17, 15) is 4.79 Å². The highest BCUT2D eigenvalue weighted by atomic mass is 32.1. The van der Waals surface area contributed by atoms with E-state index in [0.29, 0.717) is 10.6 Å². The molecule has 2 heterocycles. The van der Waals surface area contributed by atoms with E-state index in [1.54, 1.807) is 26.4 Å². The number of hydrogen-bond acceptors (Lipinski definition) is 6. The van der Waals surface area contributed by atoms with Crippen LogP contribution in [0, 0.1) is 13.8 Å². The summed E-state index contributed by atoms with van der Waals surface area (Å²) in [4.78, 5) is 21.7. The molecule has 3 rings (SSSR count). The molecule has 0 fully saturated rings. The molecular weight excluding hydrogens is 348 g/mol. The van der Waals surface area contributed by atoms with Crippen molar-refractivity contribution >= 4 is 23.5 Å². The maximum atomic E-state index is 12.4. The van der Waals surface area contributed by atoms with E-state index in [2.05, 4.69) is 20.5 Å². The van der Waals surface area contributed by atoms with Crippen molar-refractivity contribution in [3.63, 3.8) is 0 Å². The molecule has 132 valence electrons. The minimum Gasteiger partial charge on any atom is -0.497 e. The van der Waals surface area contributed by atoms with Crippen LogP contribution in [0.15, 0.2) is 47.7 Å². The Balaban J connectivity index is 1.72. The predicted octanol–water partition coefficient (Wildman–Crippen LogP) is 3.59. The lowest BCUT2D eigenvalue weighted by atomic mass is 10.2. The van der Waals surface area contributed by atoms with Gasteiger partial charge in [-0.2, -0.15) is 5.10 Å². The maximum absolute atomic E-state index is 12.4. The van der Waals surface area contributed by atoms with E-state index in [1.807, 2.05) is 43.3 Å². The molecule has 1 N–H and O–H groups in total. The molecule has 0 saturated carbocycles. The molecule has 0 aliphatic rings. The van der Waals surface area contributed by atoms with Gasteiger partial charge in [0.15, 0.2) is 0 Å². The Hall–Kier alpha value is -3.06. The smallest absolute Gasteiger partial charge is 0.283 e. The van der Waals surface area contributed by atoms with Crippen LogP contribution in [0.3, 0.4) is 0 Å². The number of ether oxygens (including phenoxy) is 1. The lowest BCUT2D eigenvalue weighted by Gasteiger charge is -2.00. The lowest BCUT2D eigenvalue weighted by Crippen LogP contribution is -2.17. The van der Waals surface area contributed by atoms with Crippen LogP contribution in [0.2, 0.25) is 0 Å². The van der Waals surface area contributed by atoms with Gasteiger partial charge in [-0.15, -0.1) is 11.3 Å². The van der Waals surface area contributed by atoms with Crippen LogP contribution < -0.4 is 10.2 Å². The summed E-state index contributed by atoms with van der Waals surface area (Å²) in [5.74, 6) is 0.480. The Bertz CT molecular complexity index is 948. The molecule has 0 atom stereocenters. The third-order valence-corrected chi connectivity index (χ3v) is 4.87. The van der Waals surface area contributed by atoms with Gasteiger partial charge in [-0.1, -0.05) is 6.07 Å². The molecule has 0 aliphatic carbocycles. The zero-order chi connectivity index (χ0) is 18.5. The first-order valence-electron chi connectivity index (χ1n) is 7.95. The molecule has 3 aromatic rings. The number of hydrazone groups is 1. The second kappa shape index (κ2) is 7.88. The van der Waals surface area contributed by atoms with Crippen molar-refractivity contribution in [1.29, 1.82) is 0 Å². The van der Waals surface area contributed by atoms with E-state index >= 15 is 0 Å². The van der Waals surface area contributed by atoms with E-state index in [1.165, 1.54) is 11.3 Å². The number of pyridine rings is 1. The summed E-state index contributed by atoms with van der Waals surface area (Å²) in [5, 5.41) is 4.74. The van der Waals surface area contributed by atoms with Crippen molar-refractivity contribution in [2.45, 2.75) is 13.8 Å². The molecule has 7 heteroatoms. The number of methoxy groups -OCH3 is 1. The second-order valence-electron chi connectivity index (χ2n) is 5.57. The largest absolute Gasteiger partial charge is 0.497 e. The number of hydrogen-bond donors (Lipinski definition) is 1. The van der Waals surface area contributed by atoms with E-state index in [4.69, 9.17) is 4.74 Å². The van der Waals surface area contributed by atoms with Gasteiger partial charge in [0.25, 0.3) is 5.91 Å². The van der Waals surface area contributed by atoms with Crippen LogP contribution >= 0.6 is 11.3 Å². The van der Waals surface area contributed by atoms with E-state index in [0.717, 1.165) is 27.6 Å². The summed E-state index contributed by atoms with van der Waals surface area (Å²) in [6.07, 6.45) is 3.30. The van der Waals surface area contributed by atoms with Crippen molar-refractivity contribution < 1.29 is 9.53 Å². The fraction of sp³-hybridized carbons (Fsp3) is 0.158. The van der Waals surface area contributed by atoms with Gasteiger partial charge in [0.1, 0.15) is 21.3 Å². The maximum Gasteiger partial charge on any atom is 0.283 e. The Kier molecular flexibility index (Phi) is 5.38. The first-order valence-corrected chi connectivity index (χ1v) is 8.77. The Morgan fingerprint density at radius 1 is 1.23 bits per heavy atom. The quantitative estimate of drug-likeness (QED) is 0.553. The molecule has 0 bridgehead atoms. The number of carbonyl (C=O) groups excluding carboxylic acids is 1. The van der Waals surface area contributed by atoms with Crippen LogP contribution in [0.4, 0.5) is 0 Å². The van der Waals surface area contributed by atoms with Gasteiger partial charge >= 0.3 is 0 Å². The highest BCUT2D eigenvalue weighted by molar-refractivity contribution is 7.17. The van der Waals surface area contributed by atoms with Crippen LogP contribution in [0.5, 0.6) is 5.75 Å². The number of rotatable bonds is 5. The van der Waals surface area contributed by atoms with Crippen LogP contribution in [-0.4, -0.2) is 29.2 Å². The summed E-state index contributed by atoms with van der Waals surface area (Å²) >= 11 is 1.31. The third-order valence-electron chi connectivity index (χ3n) is 3.71. The molecule has 0 aliphatic heterocycles. The summed E-state index contributed by atoms with van der Waals surface area (Å²) in [6, 6.07) is 11.2. The number of nitrogens with one attached hydrogen (secondary N) is 1. The summed E-state index contributed by atoms with van der Waals surface area (Å²) < 4.78 is 5.11. The van der Waals surface area contributed by atoms with Crippen LogP contribution in [0.25, 0.3) is 10.7 Å². The molecule has 0 saturated heterocycles. The van der Waals surface area contributed by atoms with Crippen molar-refractivity contribution in [2.24, 2.45) is 5.10 Å². The fourth-order valence-corrected chi connectivity index (χ4v) is 3.34. The molecule has 6 nitrogen and oxygen atoms in total. The van der Waals surface area contributed by atoms with Gasteiger partial charge < -0.3 is 4.74 Å². The number of carbonyl (C=O) groups is 1. The van der Waals surface area contributed by atoms with Crippen LogP contribution in [-0.2, 0) is 0 Å². The first kappa shape index (κ1) is 17.8. The molecular formula is C19H18N4O2S. The number of aromatic nitrogens is 2. The molecule has 1 aromatic carbocycles. The summed E-state index contributed by atoms with van der Waals surface area (Å²) in [5.41, 5.74) is 5.88. The van der Waals surface area contributed by atoms with E-state index in [-0.39, 0.29) is 5.91 Å². The van der Waals surface area contributed by atoms with Gasteiger partial charge in [0.05, 0.1) is 19.0 Å². The predicted molar refractivity (Wildman–Crippen MR) is 103 cm³/mol. The molecule has 1 amide bonds. The number of benzene rings is 1. The highest BCUT2D eigenvalue weighted by Crippen LogP contribution is 2.28.